The van der Waals surface area contributed by atoms with Gasteiger partial charge < -0.3 is 10.4 Å². The average Bonchev–Trinajstić information content (AvgIpc) is 2.73. The van der Waals surface area contributed by atoms with Crippen LogP contribution in [0.25, 0.3) is 17.0 Å². The second-order valence-corrected chi connectivity index (χ2v) is 6.95. The number of phenolic OH excluding ortho intramolecular Hbond substituents is 1. The van der Waals surface area contributed by atoms with Gasteiger partial charge in [-0.15, -0.1) is 0 Å². The topological polar surface area (TPSA) is 62.2 Å². The van der Waals surface area contributed by atoms with Crippen molar-refractivity contribution in [3.8, 4) is 5.75 Å². The molecule has 2 N–H and O–H groups in total. The van der Waals surface area contributed by atoms with Crippen LogP contribution < -0.4 is 5.32 Å². The molecule has 0 aliphatic heterocycles. The molecule has 0 saturated carbocycles. The van der Waals surface area contributed by atoms with Crippen LogP contribution in [0.4, 0.5) is 11.4 Å². The van der Waals surface area contributed by atoms with Crippen molar-refractivity contribution < 1.29 is 9.90 Å². The fourth-order valence-electron chi connectivity index (χ4n) is 3.00. The highest BCUT2D eigenvalue weighted by atomic mass is 35.5. The highest BCUT2D eigenvalue weighted by molar-refractivity contribution is 6.31. The minimum absolute atomic E-state index is 0.125. The molecule has 0 spiro atoms. The van der Waals surface area contributed by atoms with Crippen LogP contribution in [0.15, 0.2) is 85.1 Å². The van der Waals surface area contributed by atoms with Crippen LogP contribution in [0.2, 0.25) is 5.02 Å². The summed E-state index contributed by atoms with van der Waals surface area (Å²) in [5.74, 6) is 0.00980. The first-order chi connectivity index (χ1) is 14.1. The third kappa shape index (κ3) is 4.45. The number of pyridine rings is 1. The van der Waals surface area contributed by atoms with Gasteiger partial charge in [0.2, 0.25) is 0 Å². The first-order valence-electron chi connectivity index (χ1n) is 9.01. The number of nitrogens with zero attached hydrogens (tertiary/aromatic N) is 1. The van der Waals surface area contributed by atoms with E-state index in [1.807, 2.05) is 48.5 Å². The molecule has 0 atom stereocenters. The Balaban J connectivity index is 1.55. The number of rotatable bonds is 5. The number of anilines is 2. The minimum Gasteiger partial charge on any atom is -0.508 e. The molecule has 5 heteroatoms. The Hall–Kier alpha value is -3.63. The molecule has 0 radical (unpaired) electrons. The summed E-state index contributed by atoms with van der Waals surface area (Å²) in [5, 5.41) is 14.4. The number of benzene rings is 3. The fraction of sp³-hybridized carbons (Fsp3) is 0. The molecule has 0 amide bonds. The molecule has 0 bridgehead atoms. The van der Waals surface area contributed by atoms with Crippen LogP contribution >= 0.6 is 11.6 Å². The van der Waals surface area contributed by atoms with Gasteiger partial charge in [0, 0.05) is 33.5 Å². The third-order valence-corrected chi connectivity index (χ3v) is 4.68. The van der Waals surface area contributed by atoms with Crippen molar-refractivity contribution in [1.82, 2.24) is 4.98 Å². The Labute approximate surface area is 173 Å². The molecule has 0 saturated heterocycles. The van der Waals surface area contributed by atoms with Crippen molar-refractivity contribution >= 4 is 45.7 Å². The number of nitrogens with one attached hydrogen (secondary N) is 1. The zero-order valence-corrected chi connectivity index (χ0v) is 16.1. The normalized spacial score (nSPS) is 11.1. The van der Waals surface area contributed by atoms with Crippen LogP contribution in [-0.2, 0) is 0 Å². The molecular formula is C24H17ClN2O2. The zero-order chi connectivity index (χ0) is 20.2. The Kier molecular flexibility index (Phi) is 5.27. The van der Waals surface area contributed by atoms with E-state index >= 15 is 0 Å². The molecule has 142 valence electrons. The molecule has 3 aromatic carbocycles. The Morgan fingerprint density at radius 3 is 2.66 bits per heavy atom. The van der Waals surface area contributed by atoms with Gasteiger partial charge in [-0.3, -0.25) is 9.78 Å². The molecule has 4 aromatic rings. The third-order valence-electron chi connectivity index (χ3n) is 4.45. The maximum atomic E-state index is 12.3. The lowest BCUT2D eigenvalue weighted by atomic mass is 10.1. The molecular weight excluding hydrogens is 384 g/mol. The van der Waals surface area contributed by atoms with Gasteiger partial charge in [-0.25, -0.2) is 0 Å². The first kappa shape index (κ1) is 18.7. The quantitative estimate of drug-likeness (QED) is 0.307. The maximum Gasteiger partial charge on any atom is 0.185 e. The molecule has 0 fully saturated rings. The van der Waals surface area contributed by atoms with Gasteiger partial charge >= 0.3 is 0 Å². The standard InChI is InChI=1S/C24H17ClN2O2/c25-18-7-10-21-22(12-13-26-23(21)15-18)27-19-3-1-2-16(14-19)4-11-24(29)17-5-8-20(28)9-6-17/h1-15,28H,(H,26,27)/b11-4+. The van der Waals surface area contributed by atoms with Crippen molar-refractivity contribution in [2.24, 2.45) is 0 Å². The van der Waals surface area contributed by atoms with E-state index in [0.29, 0.717) is 10.6 Å². The molecule has 1 aromatic heterocycles. The molecule has 4 rings (SSSR count). The van der Waals surface area contributed by atoms with E-state index in [4.69, 9.17) is 11.6 Å². The van der Waals surface area contributed by atoms with E-state index in [1.165, 1.54) is 18.2 Å². The van der Waals surface area contributed by atoms with Gasteiger partial charge in [-0.2, -0.15) is 0 Å². The van der Waals surface area contributed by atoms with Crippen molar-refractivity contribution in [3.05, 3.63) is 101 Å². The SMILES string of the molecule is O=C(/C=C/c1cccc(Nc2ccnc3cc(Cl)ccc23)c1)c1ccc(O)cc1. The molecule has 0 aliphatic carbocycles. The summed E-state index contributed by atoms with van der Waals surface area (Å²) in [7, 11) is 0. The number of carbonyl (C=O) groups is 1. The van der Waals surface area contributed by atoms with Gasteiger partial charge in [0.15, 0.2) is 5.78 Å². The summed E-state index contributed by atoms with van der Waals surface area (Å²) in [4.78, 5) is 16.6. The van der Waals surface area contributed by atoms with Gasteiger partial charge in [0.1, 0.15) is 5.75 Å². The number of fused-ring (bicyclic) bond motifs is 1. The summed E-state index contributed by atoms with van der Waals surface area (Å²) in [6, 6.07) is 21.5. The number of aromatic nitrogens is 1. The number of ketones is 1. The lowest BCUT2D eigenvalue weighted by molar-refractivity contribution is 0.104. The lowest BCUT2D eigenvalue weighted by Gasteiger charge is -2.10. The number of carbonyl (C=O) groups excluding carboxylic acids is 1. The summed E-state index contributed by atoms with van der Waals surface area (Å²) in [6.45, 7) is 0. The Morgan fingerprint density at radius 1 is 1.00 bits per heavy atom. The van der Waals surface area contributed by atoms with E-state index < -0.39 is 0 Å². The van der Waals surface area contributed by atoms with Crippen LogP contribution in [0.3, 0.4) is 0 Å². The molecule has 29 heavy (non-hydrogen) atoms. The predicted molar refractivity (Wildman–Crippen MR) is 118 cm³/mol. The lowest BCUT2D eigenvalue weighted by Crippen LogP contribution is -1.94. The highest BCUT2D eigenvalue weighted by Crippen LogP contribution is 2.27. The smallest absolute Gasteiger partial charge is 0.185 e. The molecule has 1 heterocycles. The molecule has 4 nitrogen and oxygen atoms in total. The van der Waals surface area contributed by atoms with Crippen molar-refractivity contribution in [1.29, 1.82) is 0 Å². The van der Waals surface area contributed by atoms with Gasteiger partial charge in [0.05, 0.1) is 5.52 Å². The van der Waals surface area contributed by atoms with E-state index in [2.05, 4.69) is 10.3 Å². The van der Waals surface area contributed by atoms with Crippen molar-refractivity contribution in [3.63, 3.8) is 0 Å². The van der Waals surface area contributed by atoms with Crippen molar-refractivity contribution in [2.75, 3.05) is 5.32 Å². The number of halogens is 1. The summed E-state index contributed by atoms with van der Waals surface area (Å²) in [5.41, 5.74) is 4.05. The zero-order valence-electron chi connectivity index (χ0n) is 15.3. The average molecular weight is 401 g/mol. The number of allylic oxidation sites excluding steroid dienone is 1. The largest absolute Gasteiger partial charge is 0.508 e. The fourth-order valence-corrected chi connectivity index (χ4v) is 3.17. The van der Waals surface area contributed by atoms with Crippen molar-refractivity contribution in [2.45, 2.75) is 0 Å². The minimum atomic E-state index is -0.125. The Bertz CT molecular complexity index is 1220. The molecule has 0 unspecified atom stereocenters. The van der Waals surface area contributed by atoms with Gasteiger partial charge in [-0.05, 0) is 72.3 Å². The van der Waals surface area contributed by atoms with Gasteiger partial charge in [0.25, 0.3) is 0 Å². The predicted octanol–water partition coefficient (Wildman–Crippen LogP) is 6.23. The summed E-state index contributed by atoms with van der Waals surface area (Å²) in [6.07, 6.45) is 5.03. The van der Waals surface area contributed by atoms with E-state index in [-0.39, 0.29) is 11.5 Å². The first-order valence-corrected chi connectivity index (χ1v) is 9.39. The monoisotopic (exact) mass is 400 g/mol. The van der Waals surface area contributed by atoms with Crippen LogP contribution in [0, 0.1) is 0 Å². The molecule has 0 aliphatic rings. The number of hydrogen-bond acceptors (Lipinski definition) is 4. The second kappa shape index (κ2) is 8.17. The summed E-state index contributed by atoms with van der Waals surface area (Å²) >= 11 is 6.06. The van der Waals surface area contributed by atoms with Crippen LogP contribution in [0.5, 0.6) is 5.75 Å². The second-order valence-electron chi connectivity index (χ2n) is 6.51. The van der Waals surface area contributed by atoms with E-state index in [1.54, 1.807) is 24.4 Å². The van der Waals surface area contributed by atoms with Crippen LogP contribution in [0.1, 0.15) is 15.9 Å². The maximum absolute atomic E-state index is 12.3. The van der Waals surface area contributed by atoms with Crippen LogP contribution in [-0.4, -0.2) is 15.9 Å². The Morgan fingerprint density at radius 2 is 1.83 bits per heavy atom. The summed E-state index contributed by atoms with van der Waals surface area (Å²) < 4.78 is 0. The number of phenols is 1. The number of hydrogen-bond donors (Lipinski definition) is 2. The highest BCUT2D eigenvalue weighted by Gasteiger charge is 2.04. The number of aromatic hydroxyl groups is 1. The van der Waals surface area contributed by atoms with E-state index in [9.17, 15) is 9.90 Å². The van der Waals surface area contributed by atoms with E-state index in [0.717, 1.165) is 27.8 Å². The van der Waals surface area contributed by atoms with Gasteiger partial charge in [-0.1, -0.05) is 29.8 Å².